The summed E-state index contributed by atoms with van der Waals surface area (Å²) in [5.74, 6) is 0. The van der Waals surface area contributed by atoms with Gasteiger partial charge in [-0.15, -0.1) is 0 Å². The smallest absolute Gasteiger partial charge is 0.0803 e. The van der Waals surface area contributed by atoms with Crippen LogP contribution in [0.5, 0.6) is 0 Å². The van der Waals surface area contributed by atoms with Gasteiger partial charge in [0.1, 0.15) is 0 Å². The maximum absolute atomic E-state index is 8.98. The fraction of sp³-hybridized carbons (Fsp3) is 0.857. The van der Waals surface area contributed by atoms with Crippen molar-refractivity contribution in [2.24, 2.45) is 0 Å². The topological polar surface area (TPSA) is 20.2 Å². The Balaban J connectivity index is 4.87. The number of allylic oxidation sites excluding steroid dienone is 1. The molecule has 0 unspecified atom stereocenters. The predicted octanol–water partition coefficient (Wildman–Crippen LogP) is 4.53. The molecular weight excluding hydrogens is 212 g/mol. The molecule has 0 atom stereocenters. The van der Waals surface area contributed by atoms with Crippen molar-refractivity contribution in [2.45, 2.75) is 71.5 Å². The molecule has 1 N–H and O–H groups in total. The third-order valence-corrected chi connectivity index (χ3v) is 9.81. The maximum Gasteiger partial charge on any atom is 0.0803 e. The van der Waals surface area contributed by atoms with E-state index in [1.54, 1.807) is 5.20 Å². The highest BCUT2D eigenvalue weighted by molar-refractivity contribution is 6.86. The Bertz CT molecular complexity index is 223. The normalized spacial score (nSPS) is 14.3. The zero-order valence-corrected chi connectivity index (χ0v) is 13.1. The Morgan fingerprint density at radius 3 is 2.19 bits per heavy atom. The molecule has 0 bridgehead atoms. The van der Waals surface area contributed by atoms with Crippen molar-refractivity contribution in [1.82, 2.24) is 0 Å². The van der Waals surface area contributed by atoms with Crippen molar-refractivity contribution in [3.8, 4) is 0 Å². The second-order valence-corrected chi connectivity index (χ2v) is 11.6. The highest BCUT2D eigenvalue weighted by atomic mass is 28.3. The van der Waals surface area contributed by atoms with Crippen LogP contribution in [0.25, 0.3) is 0 Å². The largest absolute Gasteiger partial charge is 0.396 e. The van der Waals surface area contributed by atoms with E-state index >= 15 is 0 Å². The van der Waals surface area contributed by atoms with Gasteiger partial charge in [-0.25, -0.2) is 0 Å². The van der Waals surface area contributed by atoms with E-state index in [-0.39, 0.29) is 6.61 Å². The Morgan fingerprint density at radius 1 is 1.25 bits per heavy atom. The van der Waals surface area contributed by atoms with Crippen molar-refractivity contribution in [1.29, 1.82) is 0 Å². The monoisotopic (exact) mass is 242 g/mol. The molecule has 0 aromatic carbocycles. The molecule has 0 rings (SSSR count). The zero-order valence-electron chi connectivity index (χ0n) is 12.1. The minimum absolute atomic E-state index is 0.282. The molecule has 2 heteroatoms. The first kappa shape index (κ1) is 15.9. The second-order valence-electron chi connectivity index (χ2n) is 6.22. The van der Waals surface area contributed by atoms with Crippen LogP contribution in [0, 0.1) is 0 Å². The molecule has 0 aliphatic heterocycles. The van der Waals surface area contributed by atoms with Gasteiger partial charge in [0, 0.05) is 6.61 Å². The van der Waals surface area contributed by atoms with Gasteiger partial charge in [-0.3, -0.25) is 0 Å². The second kappa shape index (κ2) is 6.60. The molecular formula is C14H30OSi. The van der Waals surface area contributed by atoms with E-state index in [0.29, 0.717) is 5.04 Å². The first-order valence-corrected chi connectivity index (χ1v) is 9.57. The fourth-order valence-electron chi connectivity index (χ4n) is 1.76. The van der Waals surface area contributed by atoms with Crippen LogP contribution in [-0.2, 0) is 0 Å². The summed E-state index contributed by atoms with van der Waals surface area (Å²) < 4.78 is 0. The molecule has 0 aromatic heterocycles. The van der Waals surface area contributed by atoms with Crippen molar-refractivity contribution < 1.29 is 5.11 Å². The van der Waals surface area contributed by atoms with Gasteiger partial charge in [0.05, 0.1) is 8.07 Å². The molecule has 0 aliphatic carbocycles. The lowest BCUT2D eigenvalue weighted by molar-refractivity contribution is 0.302. The lowest BCUT2D eigenvalue weighted by Crippen LogP contribution is -2.39. The Morgan fingerprint density at radius 2 is 1.81 bits per heavy atom. The summed E-state index contributed by atoms with van der Waals surface area (Å²) in [4.78, 5) is 0. The van der Waals surface area contributed by atoms with Crippen LogP contribution in [0.3, 0.4) is 0 Å². The van der Waals surface area contributed by atoms with Crippen molar-refractivity contribution in [3.63, 3.8) is 0 Å². The zero-order chi connectivity index (χ0) is 12.8. The summed E-state index contributed by atoms with van der Waals surface area (Å²) in [7, 11) is -1.36. The molecule has 0 saturated heterocycles. The Kier molecular flexibility index (Phi) is 6.57. The highest BCUT2D eigenvalue weighted by Crippen LogP contribution is 2.42. The summed E-state index contributed by atoms with van der Waals surface area (Å²) in [6, 6.07) is 0. The third-order valence-electron chi connectivity index (χ3n) is 4.00. The number of aliphatic hydroxyl groups is 1. The lowest BCUT2D eigenvalue weighted by atomic mass is 10.2. The van der Waals surface area contributed by atoms with Crippen molar-refractivity contribution in [2.75, 3.05) is 6.61 Å². The van der Waals surface area contributed by atoms with Gasteiger partial charge in [-0.05, 0) is 17.9 Å². The molecule has 0 fully saturated rings. The molecule has 0 radical (unpaired) electrons. The minimum atomic E-state index is -1.36. The fourth-order valence-corrected chi connectivity index (χ4v) is 4.18. The van der Waals surface area contributed by atoms with Crippen LogP contribution in [-0.4, -0.2) is 19.8 Å². The number of aliphatic hydroxyl groups excluding tert-OH is 1. The average Bonchev–Trinajstić information content (AvgIpc) is 2.16. The van der Waals surface area contributed by atoms with Crippen molar-refractivity contribution >= 4 is 8.07 Å². The standard InChI is InChI=1S/C14H30OSi/c1-7-8-10-13(11-9-12-15)16(5,6)14(2,3)4/h11,15H,7-10,12H2,1-6H3/b13-11+. The molecule has 0 aromatic rings. The van der Waals surface area contributed by atoms with Gasteiger partial charge in [0.15, 0.2) is 0 Å². The molecule has 1 nitrogen and oxygen atoms in total. The highest BCUT2D eigenvalue weighted by Gasteiger charge is 2.37. The van der Waals surface area contributed by atoms with Gasteiger partial charge >= 0.3 is 0 Å². The van der Waals surface area contributed by atoms with E-state index in [4.69, 9.17) is 5.11 Å². The molecule has 0 aliphatic rings. The number of hydrogen-bond donors (Lipinski definition) is 1. The van der Waals surface area contributed by atoms with Gasteiger partial charge < -0.3 is 5.11 Å². The summed E-state index contributed by atoms with van der Waals surface area (Å²) in [6.07, 6.45) is 6.90. The third kappa shape index (κ3) is 4.42. The predicted molar refractivity (Wildman–Crippen MR) is 76.5 cm³/mol. The molecule has 0 heterocycles. The average molecular weight is 242 g/mol. The summed E-state index contributed by atoms with van der Waals surface area (Å²) in [5.41, 5.74) is 0. The number of hydrogen-bond acceptors (Lipinski definition) is 1. The van der Waals surface area contributed by atoms with Gasteiger partial charge in [0.2, 0.25) is 0 Å². The molecule has 16 heavy (non-hydrogen) atoms. The van der Waals surface area contributed by atoms with Crippen LogP contribution >= 0.6 is 0 Å². The van der Waals surface area contributed by atoms with Crippen LogP contribution in [0.4, 0.5) is 0 Å². The maximum atomic E-state index is 8.98. The Labute approximate surface area is 103 Å². The SMILES string of the molecule is CCCC/C(=C\CCO)[Si](C)(C)C(C)(C)C. The van der Waals surface area contributed by atoms with E-state index in [2.05, 4.69) is 46.9 Å². The molecule has 0 spiro atoms. The van der Waals surface area contributed by atoms with Gasteiger partial charge in [0.25, 0.3) is 0 Å². The van der Waals surface area contributed by atoms with Crippen LogP contribution in [0.15, 0.2) is 11.3 Å². The first-order chi connectivity index (χ1) is 7.27. The summed E-state index contributed by atoms with van der Waals surface area (Å²) in [6.45, 7) is 14.5. The molecule has 0 amide bonds. The van der Waals surface area contributed by atoms with Crippen LogP contribution < -0.4 is 0 Å². The van der Waals surface area contributed by atoms with Crippen LogP contribution in [0.1, 0.15) is 53.4 Å². The molecule has 96 valence electrons. The summed E-state index contributed by atoms with van der Waals surface area (Å²) in [5, 5.41) is 11.0. The quantitative estimate of drug-likeness (QED) is 0.678. The van der Waals surface area contributed by atoms with E-state index in [9.17, 15) is 0 Å². The minimum Gasteiger partial charge on any atom is -0.396 e. The van der Waals surface area contributed by atoms with Crippen LogP contribution in [0.2, 0.25) is 18.1 Å². The number of rotatable bonds is 6. The van der Waals surface area contributed by atoms with E-state index in [1.165, 1.54) is 19.3 Å². The Hall–Kier alpha value is -0.0831. The van der Waals surface area contributed by atoms with Gasteiger partial charge in [-0.2, -0.15) is 0 Å². The van der Waals surface area contributed by atoms with E-state index in [1.807, 2.05) is 0 Å². The van der Waals surface area contributed by atoms with E-state index < -0.39 is 8.07 Å². The first-order valence-electron chi connectivity index (χ1n) is 6.57. The van der Waals surface area contributed by atoms with E-state index in [0.717, 1.165) is 6.42 Å². The lowest BCUT2D eigenvalue weighted by Gasteiger charge is -2.39. The van der Waals surface area contributed by atoms with Gasteiger partial charge in [-0.1, -0.05) is 64.9 Å². The molecule has 0 saturated carbocycles. The van der Waals surface area contributed by atoms with Crippen molar-refractivity contribution in [3.05, 3.63) is 11.3 Å². The number of unbranched alkanes of at least 4 members (excludes halogenated alkanes) is 1. The summed E-state index contributed by atoms with van der Waals surface area (Å²) >= 11 is 0.